The highest BCUT2D eigenvalue weighted by Crippen LogP contribution is 2.17. The number of benzene rings is 1. The molecule has 2 amide bonds. The Hall–Kier alpha value is -1.84. The van der Waals surface area contributed by atoms with Gasteiger partial charge in [-0.15, -0.1) is 0 Å². The maximum atomic E-state index is 12.0. The van der Waals surface area contributed by atoms with Crippen LogP contribution in [-0.2, 0) is 9.59 Å². The van der Waals surface area contributed by atoms with Crippen molar-refractivity contribution in [2.45, 2.75) is 90.9 Å². The quantitative estimate of drug-likeness (QED) is 0.388. The van der Waals surface area contributed by atoms with E-state index in [1.165, 1.54) is 64.7 Å². The monoisotopic (exact) mass is 374 g/mol. The summed E-state index contributed by atoms with van der Waals surface area (Å²) >= 11 is 0. The lowest BCUT2D eigenvalue weighted by atomic mass is 10.1. The largest absolute Gasteiger partial charge is 0.326 e. The smallest absolute Gasteiger partial charge is 0.224 e. The topological polar surface area (TPSA) is 49.4 Å². The first-order valence-corrected chi connectivity index (χ1v) is 10.7. The van der Waals surface area contributed by atoms with Crippen molar-refractivity contribution in [3.05, 3.63) is 24.3 Å². The molecule has 0 fully saturated rings. The summed E-state index contributed by atoms with van der Waals surface area (Å²) in [5.41, 5.74) is 1.61. The van der Waals surface area contributed by atoms with Gasteiger partial charge in [0.15, 0.2) is 0 Å². The Morgan fingerprint density at radius 2 is 1.30 bits per heavy atom. The molecule has 0 aromatic heterocycles. The maximum Gasteiger partial charge on any atom is 0.224 e. The minimum atomic E-state index is -0.0109. The second-order valence-electron chi connectivity index (χ2n) is 7.46. The van der Waals surface area contributed by atoms with Crippen molar-refractivity contribution in [1.29, 1.82) is 0 Å². The molecule has 0 unspecified atom stereocenters. The first kappa shape index (κ1) is 23.2. The van der Waals surface area contributed by atoms with Gasteiger partial charge in [-0.3, -0.25) is 9.59 Å². The molecule has 1 N–H and O–H groups in total. The highest BCUT2D eigenvalue weighted by molar-refractivity contribution is 5.93. The van der Waals surface area contributed by atoms with Crippen molar-refractivity contribution >= 4 is 23.2 Å². The SMILES string of the molecule is CCCCCCCCCCCCCC(=O)Nc1ccc(N(C)C(C)=O)cc1. The predicted molar refractivity (Wildman–Crippen MR) is 115 cm³/mol. The van der Waals surface area contributed by atoms with Crippen molar-refractivity contribution in [3.8, 4) is 0 Å². The van der Waals surface area contributed by atoms with E-state index in [1.807, 2.05) is 24.3 Å². The summed E-state index contributed by atoms with van der Waals surface area (Å²) in [4.78, 5) is 25.0. The third kappa shape index (κ3) is 10.8. The second kappa shape index (κ2) is 14.2. The predicted octanol–water partition coefficient (Wildman–Crippen LogP) is 6.31. The fourth-order valence-corrected chi connectivity index (χ4v) is 3.12. The summed E-state index contributed by atoms with van der Waals surface area (Å²) in [6.07, 6.45) is 14.7. The van der Waals surface area contributed by atoms with Gasteiger partial charge >= 0.3 is 0 Å². The number of amides is 2. The van der Waals surface area contributed by atoms with Crippen molar-refractivity contribution < 1.29 is 9.59 Å². The minimum Gasteiger partial charge on any atom is -0.326 e. The van der Waals surface area contributed by atoms with Crippen LogP contribution in [0.25, 0.3) is 0 Å². The molecule has 0 saturated heterocycles. The first-order chi connectivity index (χ1) is 13.0. The molecule has 0 bridgehead atoms. The number of unbranched alkanes of at least 4 members (excludes halogenated alkanes) is 10. The minimum absolute atomic E-state index is 0.0109. The Bertz CT molecular complexity index is 540. The summed E-state index contributed by atoms with van der Waals surface area (Å²) in [5, 5.41) is 2.93. The number of hydrogen-bond acceptors (Lipinski definition) is 2. The Kier molecular flexibility index (Phi) is 12.2. The van der Waals surface area contributed by atoms with Gasteiger partial charge in [-0.2, -0.15) is 0 Å². The van der Waals surface area contributed by atoms with Crippen molar-refractivity contribution in [2.75, 3.05) is 17.3 Å². The number of hydrogen-bond donors (Lipinski definition) is 1. The molecule has 0 radical (unpaired) electrons. The van der Waals surface area contributed by atoms with Gasteiger partial charge in [0, 0.05) is 31.8 Å². The van der Waals surface area contributed by atoms with Crippen LogP contribution in [0.3, 0.4) is 0 Å². The lowest BCUT2D eigenvalue weighted by Crippen LogP contribution is -2.22. The van der Waals surface area contributed by atoms with Crippen LogP contribution in [0.5, 0.6) is 0 Å². The third-order valence-electron chi connectivity index (χ3n) is 5.02. The summed E-state index contributed by atoms with van der Waals surface area (Å²) in [5.74, 6) is 0.0573. The van der Waals surface area contributed by atoms with Crippen LogP contribution < -0.4 is 10.2 Å². The second-order valence-corrected chi connectivity index (χ2v) is 7.46. The molecule has 0 aliphatic heterocycles. The molecule has 4 nitrogen and oxygen atoms in total. The van der Waals surface area contributed by atoms with Gasteiger partial charge in [-0.1, -0.05) is 71.1 Å². The zero-order chi connectivity index (χ0) is 19.9. The van der Waals surface area contributed by atoms with E-state index in [0.29, 0.717) is 6.42 Å². The highest BCUT2D eigenvalue weighted by atomic mass is 16.2. The summed E-state index contributed by atoms with van der Waals surface area (Å²) in [6.45, 7) is 3.79. The van der Waals surface area contributed by atoms with Crippen LogP contribution >= 0.6 is 0 Å². The third-order valence-corrected chi connectivity index (χ3v) is 5.02. The fourth-order valence-electron chi connectivity index (χ4n) is 3.12. The van der Waals surface area contributed by atoms with E-state index in [1.54, 1.807) is 11.9 Å². The number of nitrogens with one attached hydrogen (secondary N) is 1. The Labute approximate surface area is 165 Å². The summed E-state index contributed by atoms with van der Waals surface area (Å²) < 4.78 is 0. The van der Waals surface area contributed by atoms with Crippen LogP contribution in [0.4, 0.5) is 11.4 Å². The van der Waals surface area contributed by atoms with Gasteiger partial charge in [0.1, 0.15) is 0 Å². The van der Waals surface area contributed by atoms with Gasteiger partial charge in [0.05, 0.1) is 0 Å². The number of rotatable bonds is 14. The molecule has 1 rings (SSSR count). The van der Waals surface area contributed by atoms with E-state index < -0.39 is 0 Å². The van der Waals surface area contributed by atoms with Gasteiger partial charge in [0.25, 0.3) is 0 Å². The molecule has 1 aromatic carbocycles. The molecule has 0 saturated carbocycles. The van der Waals surface area contributed by atoms with Gasteiger partial charge in [-0.05, 0) is 30.7 Å². The van der Waals surface area contributed by atoms with E-state index in [2.05, 4.69) is 12.2 Å². The number of carbonyl (C=O) groups is 2. The molecule has 4 heteroatoms. The molecule has 0 heterocycles. The number of nitrogens with zero attached hydrogens (tertiary/aromatic N) is 1. The molecule has 0 aliphatic rings. The van der Waals surface area contributed by atoms with Crippen LogP contribution in [0.2, 0.25) is 0 Å². The first-order valence-electron chi connectivity index (χ1n) is 10.7. The highest BCUT2D eigenvalue weighted by Gasteiger charge is 2.06. The molecule has 27 heavy (non-hydrogen) atoms. The van der Waals surface area contributed by atoms with E-state index in [4.69, 9.17) is 0 Å². The zero-order valence-corrected chi connectivity index (χ0v) is 17.6. The van der Waals surface area contributed by atoms with Crippen LogP contribution in [0.1, 0.15) is 90.9 Å². The molecule has 152 valence electrons. The van der Waals surface area contributed by atoms with E-state index >= 15 is 0 Å². The number of carbonyl (C=O) groups excluding carboxylic acids is 2. The normalized spacial score (nSPS) is 10.6. The Morgan fingerprint density at radius 1 is 0.815 bits per heavy atom. The summed E-state index contributed by atoms with van der Waals surface area (Å²) in [7, 11) is 1.74. The van der Waals surface area contributed by atoms with Gasteiger partial charge in [0.2, 0.25) is 11.8 Å². The summed E-state index contributed by atoms with van der Waals surface area (Å²) in [6, 6.07) is 7.37. The molecular weight excluding hydrogens is 336 g/mol. The zero-order valence-electron chi connectivity index (χ0n) is 17.6. The number of anilines is 2. The standard InChI is InChI=1S/C23H38N2O2/c1-4-5-6-7-8-9-10-11-12-13-14-15-23(27)24-21-16-18-22(19-17-21)25(3)20(2)26/h16-19H,4-15H2,1-3H3,(H,24,27). The van der Waals surface area contributed by atoms with Crippen molar-refractivity contribution in [3.63, 3.8) is 0 Å². The molecule has 0 aliphatic carbocycles. The lowest BCUT2D eigenvalue weighted by molar-refractivity contribution is -0.117. The van der Waals surface area contributed by atoms with E-state index in [0.717, 1.165) is 24.2 Å². The molecule has 0 atom stereocenters. The average Bonchev–Trinajstić information content (AvgIpc) is 2.66. The van der Waals surface area contributed by atoms with Gasteiger partial charge in [-0.25, -0.2) is 0 Å². The van der Waals surface area contributed by atoms with Crippen LogP contribution in [0.15, 0.2) is 24.3 Å². The molecule has 1 aromatic rings. The van der Waals surface area contributed by atoms with Crippen LogP contribution in [0, 0.1) is 0 Å². The average molecular weight is 375 g/mol. The van der Waals surface area contributed by atoms with Crippen LogP contribution in [-0.4, -0.2) is 18.9 Å². The Morgan fingerprint density at radius 3 is 1.78 bits per heavy atom. The van der Waals surface area contributed by atoms with Crippen molar-refractivity contribution in [2.24, 2.45) is 0 Å². The molecular formula is C23H38N2O2. The fraction of sp³-hybridized carbons (Fsp3) is 0.652. The van der Waals surface area contributed by atoms with Crippen molar-refractivity contribution in [1.82, 2.24) is 0 Å². The Balaban J connectivity index is 2.06. The molecule has 0 spiro atoms. The maximum absolute atomic E-state index is 12.0. The lowest BCUT2D eigenvalue weighted by Gasteiger charge is -2.15. The van der Waals surface area contributed by atoms with Gasteiger partial charge < -0.3 is 10.2 Å². The van der Waals surface area contributed by atoms with E-state index in [-0.39, 0.29) is 11.8 Å². The van der Waals surface area contributed by atoms with E-state index in [9.17, 15) is 9.59 Å².